The van der Waals surface area contributed by atoms with E-state index < -0.39 is 0 Å². The summed E-state index contributed by atoms with van der Waals surface area (Å²) in [5, 5.41) is 4.04. The number of aromatic nitrogens is 1. The summed E-state index contributed by atoms with van der Waals surface area (Å²) in [6, 6.07) is 17.6. The van der Waals surface area contributed by atoms with Gasteiger partial charge in [0.05, 0.1) is 18.7 Å². The number of amides is 1. The molecule has 0 radical (unpaired) electrons. The highest BCUT2D eigenvalue weighted by Crippen LogP contribution is 2.35. The van der Waals surface area contributed by atoms with E-state index in [1.165, 1.54) is 11.1 Å². The summed E-state index contributed by atoms with van der Waals surface area (Å²) < 4.78 is 10.8. The number of likely N-dealkylation sites (tertiary alicyclic amines) is 1. The van der Waals surface area contributed by atoms with Crippen molar-refractivity contribution >= 4 is 5.91 Å². The molecule has 0 aliphatic carbocycles. The van der Waals surface area contributed by atoms with Gasteiger partial charge in [-0.3, -0.25) is 4.79 Å². The number of benzene rings is 2. The van der Waals surface area contributed by atoms with Gasteiger partial charge in [0, 0.05) is 12.6 Å². The van der Waals surface area contributed by atoms with Gasteiger partial charge in [0.15, 0.2) is 11.5 Å². The molecule has 1 atom stereocenters. The predicted molar refractivity (Wildman–Crippen MR) is 103 cm³/mol. The Hall–Kier alpha value is -3.08. The third-order valence-corrected chi connectivity index (χ3v) is 5.16. The van der Waals surface area contributed by atoms with Gasteiger partial charge >= 0.3 is 0 Å². The summed E-state index contributed by atoms with van der Waals surface area (Å²) >= 11 is 0. The van der Waals surface area contributed by atoms with E-state index >= 15 is 0 Å². The largest absolute Gasteiger partial charge is 0.496 e. The predicted octanol–water partition coefficient (Wildman–Crippen LogP) is 4.64. The van der Waals surface area contributed by atoms with Crippen LogP contribution in [-0.2, 0) is 0 Å². The van der Waals surface area contributed by atoms with Crippen molar-refractivity contribution in [2.45, 2.75) is 25.8 Å². The van der Waals surface area contributed by atoms with E-state index in [2.05, 4.69) is 24.2 Å². The van der Waals surface area contributed by atoms with Gasteiger partial charge in [-0.1, -0.05) is 41.6 Å². The molecule has 0 bridgehead atoms. The normalized spacial score (nSPS) is 16.5. The summed E-state index contributed by atoms with van der Waals surface area (Å²) in [5.74, 6) is 1.12. The molecule has 0 spiro atoms. The molecule has 4 rings (SSSR count). The molecule has 0 saturated carbocycles. The average molecular weight is 362 g/mol. The number of nitrogens with zero attached hydrogens (tertiary/aromatic N) is 2. The van der Waals surface area contributed by atoms with Crippen LogP contribution in [0.25, 0.3) is 11.3 Å². The quantitative estimate of drug-likeness (QED) is 0.679. The second kappa shape index (κ2) is 7.27. The Balaban J connectivity index is 1.62. The molecule has 1 saturated heterocycles. The van der Waals surface area contributed by atoms with Gasteiger partial charge in [0.25, 0.3) is 5.91 Å². The molecule has 27 heavy (non-hydrogen) atoms. The first-order chi connectivity index (χ1) is 13.2. The highest BCUT2D eigenvalue weighted by molar-refractivity contribution is 5.93. The molecule has 2 heterocycles. The van der Waals surface area contributed by atoms with Crippen molar-refractivity contribution in [3.05, 3.63) is 71.4 Å². The smallest absolute Gasteiger partial charge is 0.276 e. The molecule has 138 valence electrons. The first-order valence-corrected chi connectivity index (χ1v) is 9.15. The molecule has 1 amide bonds. The minimum atomic E-state index is -0.0920. The number of aryl methyl sites for hydroxylation is 1. The summed E-state index contributed by atoms with van der Waals surface area (Å²) in [6.07, 6.45) is 1.95. The molecular formula is C22H22N2O3. The van der Waals surface area contributed by atoms with E-state index in [-0.39, 0.29) is 11.9 Å². The molecule has 1 fully saturated rings. The average Bonchev–Trinajstić information content (AvgIpc) is 3.38. The molecule has 1 aliphatic rings. The molecule has 2 aromatic carbocycles. The SMILES string of the molecule is COc1ccccc1-c1cc(C(=O)N2CCC[C@@H]2c2ccccc2C)no1. The topological polar surface area (TPSA) is 55.6 Å². The fourth-order valence-electron chi connectivity index (χ4n) is 3.79. The van der Waals surface area contributed by atoms with Gasteiger partial charge < -0.3 is 14.2 Å². The number of carbonyl (C=O) groups excluding carboxylic acids is 1. The maximum atomic E-state index is 13.1. The van der Waals surface area contributed by atoms with E-state index in [9.17, 15) is 4.79 Å². The molecule has 0 unspecified atom stereocenters. The first-order valence-electron chi connectivity index (χ1n) is 9.15. The van der Waals surface area contributed by atoms with E-state index in [0.717, 1.165) is 24.9 Å². The molecule has 3 aromatic rings. The maximum Gasteiger partial charge on any atom is 0.276 e. The van der Waals surface area contributed by atoms with Gasteiger partial charge in [0.1, 0.15) is 5.75 Å². The van der Waals surface area contributed by atoms with Crippen LogP contribution in [0.1, 0.15) is 40.5 Å². The number of ether oxygens (including phenoxy) is 1. The second-order valence-corrected chi connectivity index (χ2v) is 6.79. The van der Waals surface area contributed by atoms with Crippen molar-refractivity contribution in [1.82, 2.24) is 10.1 Å². The minimum absolute atomic E-state index is 0.0881. The van der Waals surface area contributed by atoms with Crippen LogP contribution in [0, 0.1) is 6.92 Å². The third kappa shape index (κ3) is 3.21. The Kier molecular flexibility index (Phi) is 4.67. The van der Waals surface area contributed by atoms with Crippen LogP contribution >= 0.6 is 0 Å². The number of methoxy groups -OCH3 is 1. The molecule has 1 aromatic heterocycles. The Labute approximate surface area is 158 Å². The maximum absolute atomic E-state index is 13.1. The molecule has 5 heteroatoms. The monoisotopic (exact) mass is 362 g/mol. The Morgan fingerprint density at radius 3 is 2.78 bits per heavy atom. The van der Waals surface area contributed by atoms with Crippen LogP contribution in [0.2, 0.25) is 0 Å². The van der Waals surface area contributed by atoms with Crippen LogP contribution < -0.4 is 4.74 Å². The fourth-order valence-corrected chi connectivity index (χ4v) is 3.79. The number of hydrogen-bond acceptors (Lipinski definition) is 4. The van der Waals surface area contributed by atoms with Crippen molar-refractivity contribution < 1.29 is 14.1 Å². The first kappa shape index (κ1) is 17.3. The van der Waals surface area contributed by atoms with Crippen LogP contribution in [0.4, 0.5) is 0 Å². The van der Waals surface area contributed by atoms with Gasteiger partial charge in [-0.2, -0.15) is 0 Å². The van der Waals surface area contributed by atoms with Crippen LogP contribution in [0.5, 0.6) is 5.75 Å². The van der Waals surface area contributed by atoms with Crippen LogP contribution in [0.15, 0.2) is 59.1 Å². The summed E-state index contributed by atoms with van der Waals surface area (Å²) in [6.45, 7) is 2.82. The standard InChI is InChI=1S/C22H22N2O3/c1-15-8-3-4-9-16(15)19-11-7-13-24(19)22(25)18-14-21(27-23-18)17-10-5-6-12-20(17)26-2/h3-6,8-10,12,14,19H,7,11,13H2,1-2H3/t19-/m1/s1. The lowest BCUT2D eigenvalue weighted by atomic mass is 9.99. The second-order valence-electron chi connectivity index (χ2n) is 6.79. The highest BCUT2D eigenvalue weighted by atomic mass is 16.5. The van der Waals surface area contributed by atoms with E-state index in [0.29, 0.717) is 17.2 Å². The van der Waals surface area contributed by atoms with Gasteiger partial charge in [-0.25, -0.2) is 0 Å². The number of hydrogen-bond donors (Lipinski definition) is 0. The van der Waals surface area contributed by atoms with E-state index in [1.54, 1.807) is 13.2 Å². The minimum Gasteiger partial charge on any atom is -0.496 e. The van der Waals surface area contributed by atoms with Gasteiger partial charge in [0.2, 0.25) is 0 Å². The van der Waals surface area contributed by atoms with Crippen LogP contribution in [-0.4, -0.2) is 29.6 Å². The zero-order chi connectivity index (χ0) is 18.8. The highest BCUT2D eigenvalue weighted by Gasteiger charge is 2.33. The summed E-state index contributed by atoms with van der Waals surface area (Å²) in [5.41, 5.74) is 3.52. The van der Waals surface area contributed by atoms with Gasteiger partial charge in [-0.15, -0.1) is 0 Å². The Morgan fingerprint density at radius 1 is 1.19 bits per heavy atom. The molecular weight excluding hydrogens is 340 g/mol. The lowest BCUT2D eigenvalue weighted by molar-refractivity contribution is 0.0725. The van der Waals surface area contributed by atoms with Crippen LogP contribution in [0.3, 0.4) is 0 Å². The van der Waals surface area contributed by atoms with Crippen molar-refractivity contribution in [1.29, 1.82) is 0 Å². The Morgan fingerprint density at radius 2 is 1.96 bits per heavy atom. The van der Waals surface area contributed by atoms with E-state index in [1.807, 2.05) is 41.3 Å². The third-order valence-electron chi connectivity index (χ3n) is 5.16. The number of para-hydroxylation sites is 1. The lowest BCUT2D eigenvalue weighted by Crippen LogP contribution is -2.31. The number of rotatable bonds is 4. The Bertz CT molecular complexity index is 963. The molecule has 5 nitrogen and oxygen atoms in total. The molecule has 1 aliphatic heterocycles. The van der Waals surface area contributed by atoms with Crippen molar-refractivity contribution in [3.8, 4) is 17.1 Å². The van der Waals surface area contributed by atoms with Crippen molar-refractivity contribution in [2.24, 2.45) is 0 Å². The van der Waals surface area contributed by atoms with E-state index in [4.69, 9.17) is 9.26 Å². The van der Waals surface area contributed by atoms with Crippen molar-refractivity contribution in [3.63, 3.8) is 0 Å². The lowest BCUT2D eigenvalue weighted by Gasteiger charge is -2.25. The zero-order valence-electron chi connectivity index (χ0n) is 15.5. The summed E-state index contributed by atoms with van der Waals surface area (Å²) in [4.78, 5) is 15.0. The molecule has 0 N–H and O–H groups in total. The van der Waals surface area contributed by atoms with Gasteiger partial charge in [-0.05, 0) is 43.0 Å². The summed E-state index contributed by atoms with van der Waals surface area (Å²) in [7, 11) is 1.61. The van der Waals surface area contributed by atoms with Crippen molar-refractivity contribution in [2.75, 3.05) is 13.7 Å². The zero-order valence-corrected chi connectivity index (χ0v) is 15.5. The fraction of sp³-hybridized carbons (Fsp3) is 0.273. The number of carbonyl (C=O) groups is 1.